The maximum absolute atomic E-state index is 8.68. The molecule has 0 unspecified atom stereocenters. The monoisotopic (exact) mass is 294 g/mol. The van der Waals surface area contributed by atoms with Crippen LogP contribution in [0.25, 0.3) is 0 Å². The molecule has 0 aromatic carbocycles. The minimum Gasteiger partial charge on any atom is -0.396 e. The molecule has 0 rings (SSSR count). The van der Waals surface area contributed by atoms with E-state index in [1.165, 1.54) is 96.3 Å². The van der Waals surface area contributed by atoms with E-state index in [4.69, 9.17) is 11.5 Å². The molecular formula is C20H38O. The van der Waals surface area contributed by atoms with Crippen LogP contribution >= 0.6 is 0 Å². The van der Waals surface area contributed by atoms with Crippen LogP contribution in [0.3, 0.4) is 0 Å². The van der Waals surface area contributed by atoms with Crippen molar-refractivity contribution in [2.45, 2.75) is 109 Å². The fourth-order valence-electron chi connectivity index (χ4n) is 2.81. The summed E-state index contributed by atoms with van der Waals surface area (Å²) in [6, 6.07) is 0. The molecule has 0 saturated heterocycles. The molecule has 0 fully saturated rings. The fourth-order valence-corrected chi connectivity index (χ4v) is 2.81. The summed E-state index contributed by atoms with van der Waals surface area (Å²) in [4.78, 5) is 0. The Morgan fingerprint density at radius 3 is 1.05 bits per heavy atom. The Morgan fingerprint density at radius 1 is 0.476 bits per heavy atom. The normalized spacial score (nSPS) is 10.7. The summed E-state index contributed by atoms with van der Waals surface area (Å²) in [6.45, 7) is 0.366. The lowest BCUT2D eigenvalue weighted by Gasteiger charge is -2.03. The van der Waals surface area contributed by atoms with Crippen LogP contribution < -0.4 is 0 Å². The maximum Gasteiger partial charge on any atom is 0.0431 e. The molecule has 1 nitrogen and oxygen atoms in total. The van der Waals surface area contributed by atoms with Gasteiger partial charge in [0.1, 0.15) is 0 Å². The lowest BCUT2D eigenvalue weighted by atomic mass is 10.0. The third-order valence-electron chi connectivity index (χ3n) is 4.23. The van der Waals surface area contributed by atoms with Gasteiger partial charge in [-0.1, -0.05) is 89.9 Å². The van der Waals surface area contributed by atoms with Crippen LogP contribution in [-0.2, 0) is 0 Å². The minimum atomic E-state index is 0.366. The van der Waals surface area contributed by atoms with Crippen LogP contribution in [0.4, 0.5) is 0 Å². The van der Waals surface area contributed by atoms with Gasteiger partial charge in [-0.25, -0.2) is 0 Å². The summed E-state index contributed by atoms with van der Waals surface area (Å²) in [7, 11) is 0. The summed E-state index contributed by atoms with van der Waals surface area (Å²) < 4.78 is 0. The van der Waals surface area contributed by atoms with Crippen LogP contribution in [0.2, 0.25) is 0 Å². The van der Waals surface area contributed by atoms with Crippen molar-refractivity contribution in [1.82, 2.24) is 0 Å². The van der Waals surface area contributed by atoms with E-state index in [1.807, 2.05) is 0 Å². The van der Waals surface area contributed by atoms with Crippen LogP contribution in [0.1, 0.15) is 109 Å². The molecule has 0 amide bonds. The highest BCUT2D eigenvalue weighted by Crippen LogP contribution is 2.13. The van der Waals surface area contributed by atoms with Crippen molar-refractivity contribution in [2.24, 2.45) is 0 Å². The van der Waals surface area contributed by atoms with Crippen molar-refractivity contribution in [1.29, 1.82) is 0 Å². The molecule has 0 aromatic heterocycles. The molecule has 0 aliphatic rings. The first kappa shape index (κ1) is 20.5. The van der Waals surface area contributed by atoms with Gasteiger partial charge in [0.15, 0.2) is 0 Å². The zero-order chi connectivity index (χ0) is 15.4. The molecule has 0 saturated carbocycles. The van der Waals surface area contributed by atoms with Crippen molar-refractivity contribution in [2.75, 3.05) is 6.61 Å². The van der Waals surface area contributed by atoms with Crippen LogP contribution in [0.15, 0.2) is 0 Å². The van der Waals surface area contributed by atoms with Gasteiger partial charge in [0, 0.05) is 13.0 Å². The molecule has 21 heavy (non-hydrogen) atoms. The van der Waals surface area contributed by atoms with Gasteiger partial charge in [0.05, 0.1) is 0 Å². The van der Waals surface area contributed by atoms with E-state index in [-0.39, 0.29) is 0 Å². The quantitative estimate of drug-likeness (QED) is 0.248. The Labute approximate surface area is 133 Å². The standard InChI is InChI=1S/C20H38O/c1-2-3-4-5-6-7-8-9-10-11-12-13-14-15-16-17-18-19-20-21/h1,21H,3-20H2. The Bertz CT molecular complexity index is 216. The summed E-state index contributed by atoms with van der Waals surface area (Å²) in [5.74, 6) is 2.71. The lowest BCUT2D eigenvalue weighted by Crippen LogP contribution is -1.85. The molecule has 124 valence electrons. The Kier molecular flexibility index (Phi) is 19.1. The van der Waals surface area contributed by atoms with E-state index in [0.29, 0.717) is 6.61 Å². The van der Waals surface area contributed by atoms with Gasteiger partial charge in [-0.3, -0.25) is 0 Å². The van der Waals surface area contributed by atoms with Gasteiger partial charge in [-0.05, 0) is 12.8 Å². The number of aliphatic hydroxyl groups excluding tert-OH is 1. The number of unbranched alkanes of at least 4 members (excludes halogenated alkanes) is 16. The van der Waals surface area contributed by atoms with E-state index in [2.05, 4.69) is 5.92 Å². The van der Waals surface area contributed by atoms with Gasteiger partial charge in [-0.2, -0.15) is 0 Å². The van der Waals surface area contributed by atoms with Crippen LogP contribution in [-0.4, -0.2) is 11.7 Å². The SMILES string of the molecule is C#CCCCCCCCCCCCCCCCCCCO. The van der Waals surface area contributed by atoms with Gasteiger partial charge in [0.25, 0.3) is 0 Å². The molecule has 0 aliphatic carbocycles. The van der Waals surface area contributed by atoms with Crippen molar-refractivity contribution in [3.8, 4) is 12.3 Å². The van der Waals surface area contributed by atoms with Crippen molar-refractivity contribution >= 4 is 0 Å². The van der Waals surface area contributed by atoms with E-state index >= 15 is 0 Å². The first-order chi connectivity index (χ1) is 10.4. The predicted octanol–water partition coefficient (Wildman–Crippen LogP) is 6.24. The van der Waals surface area contributed by atoms with E-state index in [0.717, 1.165) is 12.8 Å². The van der Waals surface area contributed by atoms with Gasteiger partial charge >= 0.3 is 0 Å². The second-order valence-electron chi connectivity index (χ2n) is 6.33. The summed E-state index contributed by atoms with van der Waals surface area (Å²) >= 11 is 0. The largest absolute Gasteiger partial charge is 0.396 e. The average molecular weight is 295 g/mol. The van der Waals surface area contributed by atoms with E-state index in [9.17, 15) is 0 Å². The third kappa shape index (κ3) is 19.5. The molecule has 0 bridgehead atoms. The second kappa shape index (κ2) is 19.5. The molecule has 0 aliphatic heterocycles. The zero-order valence-corrected chi connectivity index (χ0v) is 14.3. The maximum atomic E-state index is 8.68. The van der Waals surface area contributed by atoms with Crippen LogP contribution in [0.5, 0.6) is 0 Å². The lowest BCUT2D eigenvalue weighted by molar-refractivity contribution is 0.282. The zero-order valence-electron chi connectivity index (χ0n) is 14.3. The number of hydrogen-bond donors (Lipinski definition) is 1. The first-order valence-electron chi connectivity index (χ1n) is 9.46. The topological polar surface area (TPSA) is 20.2 Å². The first-order valence-corrected chi connectivity index (χ1v) is 9.46. The second-order valence-corrected chi connectivity index (χ2v) is 6.33. The molecule has 1 heteroatoms. The minimum absolute atomic E-state index is 0.366. The number of hydrogen-bond acceptors (Lipinski definition) is 1. The molecule has 0 heterocycles. The van der Waals surface area contributed by atoms with E-state index in [1.54, 1.807) is 0 Å². The van der Waals surface area contributed by atoms with Crippen molar-refractivity contribution < 1.29 is 5.11 Å². The van der Waals surface area contributed by atoms with Crippen molar-refractivity contribution in [3.63, 3.8) is 0 Å². The molecule has 0 atom stereocenters. The summed E-state index contributed by atoms with van der Waals surface area (Å²) in [5.41, 5.74) is 0. The molecule has 1 N–H and O–H groups in total. The Hall–Kier alpha value is -0.480. The predicted molar refractivity (Wildman–Crippen MR) is 94.4 cm³/mol. The smallest absolute Gasteiger partial charge is 0.0431 e. The Balaban J connectivity index is 2.92. The van der Waals surface area contributed by atoms with Gasteiger partial charge < -0.3 is 5.11 Å². The van der Waals surface area contributed by atoms with Gasteiger partial charge in [0.2, 0.25) is 0 Å². The third-order valence-corrected chi connectivity index (χ3v) is 4.23. The number of rotatable bonds is 17. The number of terminal acetylenes is 1. The highest BCUT2D eigenvalue weighted by molar-refractivity contribution is 4.82. The molecule has 0 aromatic rings. The molecule has 0 radical (unpaired) electrons. The summed E-state index contributed by atoms with van der Waals surface area (Å²) in [6.07, 6.45) is 27.7. The summed E-state index contributed by atoms with van der Waals surface area (Å²) in [5, 5.41) is 8.68. The Morgan fingerprint density at radius 2 is 0.762 bits per heavy atom. The molecular weight excluding hydrogens is 256 g/mol. The van der Waals surface area contributed by atoms with Crippen LogP contribution in [0, 0.1) is 12.3 Å². The number of aliphatic hydroxyl groups is 1. The highest BCUT2D eigenvalue weighted by atomic mass is 16.2. The highest BCUT2D eigenvalue weighted by Gasteiger charge is 1.94. The average Bonchev–Trinajstić information content (AvgIpc) is 2.50. The molecule has 0 spiro atoms. The fraction of sp³-hybridized carbons (Fsp3) is 0.900. The van der Waals surface area contributed by atoms with E-state index < -0.39 is 0 Å². The van der Waals surface area contributed by atoms with Gasteiger partial charge in [-0.15, -0.1) is 12.3 Å². The van der Waals surface area contributed by atoms with Crippen molar-refractivity contribution in [3.05, 3.63) is 0 Å².